The van der Waals surface area contributed by atoms with E-state index in [9.17, 15) is 9.59 Å². The predicted octanol–water partition coefficient (Wildman–Crippen LogP) is 3.58. The van der Waals surface area contributed by atoms with Gasteiger partial charge in [-0.1, -0.05) is 30.3 Å². The molecule has 0 unspecified atom stereocenters. The zero-order chi connectivity index (χ0) is 22.0. The first kappa shape index (κ1) is 20.3. The second-order valence-corrected chi connectivity index (χ2v) is 7.08. The number of ether oxygens (including phenoxy) is 2. The number of fused-ring (bicyclic) bond motifs is 1. The van der Waals surface area contributed by atoms with Gasteiger partial charge in [0.25, 0.3) is 5.56 Å². The molecule has 2 heterocycles. The van der Waals surface area contributed by atoms with Crippen molar-refractivity contribution in [1.82, 2.24) is 8.97 Å². The molecule has 4 rings (SSSR count). The second kappa shape index (κ2) is 8.39. The van der Waals surface area contributed by atoms with E-state index in [4.69, 9.17) is 15.2 Å². The van der Waals surface area contributed by atoms with Crippen LogP contribution in [0.2, 0.25) is 0 Å². The molecule has 2 aromatic carbocycles. The van der Waals surface area contributed by atoms with Gasteiger partial charge in [0.05, 0.1) is 20.3 Å². The number of hydrogen-bond donors (Lipinski definition) is 1. The summed E-state index contributed by atoms with van der Waals surface area (Å²) in [5.41, 5.74) is 9.61. The van der Waals surface area contributed by atoms with Crippen molar-refractivity contribution in [2.24, 2.45) is 0 Å². The number of carbonyl (C=O) groups excluding carboxylic acids is 1. The second-order valence-electron chi connectivity index (χ2n) is 7.08. The molecule has 7 nitrogen and oxygen atoms in total. The fourth-order valence-electron chi connectivity index (χ4n) is 3.52. The summed E-state index contributed by atoms with van der Waals surface area (Å²) in [6, 6.07) is 17.0. The summed E-state index contributed by atoms with van der Waals surface area (Å²) in [4.78, 5) is 25.5. The van der Waals surface area contributed by atoms with E-state index in [0.717, 1.165) is 22.4 Å². The zero-order valence-corrected chi connectivity index (χ0v) is 17.4. The molecule has 0 bridgehead atoms. The summed E-state index contributed by atoms with van der Waals surface area (Å²) in [5.74, 6) is 0.0973. The number of rotatable bonds is 6. The minimum Gasteiger partial charge on any atom is -0.497 e. The SMILES string of the molecule is CCOC(=O)c1cn(Cc2ccccc2N)c2cc(-c3ccc(OC)cc3)cn2c1=O. The Kier molecular flexibility index (Phi) is 5.49. The van der Waals surface area contributed by atoms with Gasteiger partial charge >= 0.3 is 5.97 Å². The maximum absolute atomic E-state index is 13.1. The molecule has 0 fully saturated rings. The van der Waals surface area contributed by atoms with Crippen LogP contribution in [0.4, 0.5) is 5.69 Å². The first-order valence-electron chi connectivity index (χ1n) is 9.92. The number of aromatic nitrogens is 2. The molecule has 0 radical (unpaired) electrons. The number of esters is 1. The van der Waals surface area contributed by atoms with E-state index in [1.807, 2.05) is 59.2 Å². The summed E-state index contributed by atoms with van der Waals surface area (Å²) in [5, 5.41) is 0. The standard InChI is InChI=1S/C24H23N3O4/c1-3-31-24(29)20-15-26(13-17-6-4-5-7-21(17)25)22-12-18(14-27(22)23(20)28)16-8-10-19(30-2)11-9-16/h4-12,14-15H,3,13,25H2,1-2H3. The Balaban J connectivity index is 1.89. The van der Waals surface area contributed by atoms with Crippen molar-refractivity contribution in [1.29, 1.82) is 0 Å². The lowest BCUT2D eigenvalue weighted by Gasteiger charge is -2.13. The van der Waals surface area contributed by atoms with Crippen LogP contribution in [-0.4, -0.2) is 28.7 Å². The molecular formula is C24H23N3O4. The van der Waals surface area contributed by atoms with Crippen molar-refractivity contribution in [3.63, 3.8) is 0 Å². The summed E-state index contributed by atoms with van der Waals surface area (Å²) < 4.78 is 13.6. The minimum absolute atomic E-state index is 0.0271. The number of nitrogen functional groups attached to an aromatic ring is 1. The highest BCUT2D eigenvalue weighted by molar-refractivity contribution is 5.89. The molecule has 0 saturated heterocycles. The van der Waals surface area contributed by atoms with Crippen molar-refractivity contribution in [3.05, 3.63) is 88.5 Å². The molecule has 0 aliphatic heterocycles. The molecule has 31 heavy (non-hydrogen) atoms. The van der Waals surface area contributed by atoms with Gasteiger partial charge < -0.3 is 19.8 Å². The summed E-state index contributed by atoms with van der Waals surface area (Å²) in [6.45, 7) is 2.29. The smallest absolute Gasteiger partial charge is 0.345 e. The lowest BCUT2D eigenvalue weighted by Crippen LogP contribution is -2.26. The maximum atomic E-state index is 13.1. The van der Waals surface area contributed by atoms with Crippen molar-refractivity contribution in [2.75, 3.05) is 19.5 Å². The van der Waals surface area contributed by atoms with Gasteiger partial charge in [0.1, 0.15) is 17.0 Å². The van der Waals surface area contributed by atoms with Gasteiger partial charge in [-0.25, -0.2) is 4.79 Å². The Morgan fingerprint density at radius 2 is 1.77 bits per heavy atom. The van der Waals surface area contributed by atoms with Gasteiger partial charge in [0, 0.05) is 23.6 Å². The molecule has 0 aliphatic rings. The third kappa shape index (κ3) is 3.90. The molecule has 0 atom stereocenters. The Morgan fingerprint density at radius 3 is 2.45 bits per heavy atom. The molecule has 7 heteroatoms. The zero-order valence-electron chi connectivity index (χ0n) is 17.4. The van der Waals surface area contributed by atoms with E-state index in [2.05, 4.69) is 0 Å². The van der Waals surface area contributed by atoms with Gasteiger partial charge in [0.15, 0.2) is 0 Å². The molecule has 158 valence electrons. The number of carbonyl (C=O) groups is 1. The lowest BCUT2D eigenvalue weighted by atomic mass is 10.1. The van der Waals surface area contributed by atoms with Crippen molar-refractivity contribution in [3.8, 4) is 16.9 Å². The van der Waals surface area contributed by atoms with Gasteiger partial charge in [-0.05, 0) is 42.3 Å². The number of hydrogen-bond acceptors (Lipinski definition) is 5. The van der Waals surface area contributed by atoms with Crippen molar-refractivity contribution in [2.45, 2.75) is 13.5 Å². The number of nitrogens with two attached hydrogens (primary N) is 1. The Bertz CT molecular complexity index is 1300. The quantitative estimate of drug-likeness (QED) is 0.383. The largest absolute Gasteiger partial charge is 0.497 e. The van der Waals surface area contributed by atoms with E-state index < -0.39 is 11.5 Å². The molecule has 0 aliphatic carbocycles. The summed E-state index contributed by atoms with van der Waals surface area (Å²) >= 11 is 0. The lowest BCUT2D eigenvalue weighted by molar-refractivity contribution is 0.0523. The molecule has 0 saturated carbocycles. The molecule has 2 N–H and O–H groups in total. The fraction of sp³-hybridized carbons (Fsp3) is 0.167. The molecule has 0 spiro atoms. The number of methoxy groups -OCH3 is 1. The van der Waals surface area contributed by atoms with Crippen LogP contribution < -0.4 is 16.0 Å². The first-order chi connectivity index (χ1) is 15.0. The number of anilines is 1. The van der Waals surface area contributed by atoms with Crippen LogP contribution >= 0.6 is 0 Å². The normalized spacial score (nSPS) is 10.9. The number of nitrogens with zero attached hydrogens (tertiary/aromatic N) is 2. The monoisotopic (exact) mass is 417 g/mol. The van der Waals surface area contributed by atoms with E-state index in [0.29, 0.717) is 17.9 Å². The van der Waals surface area contributed by atoms with Gasteiger partial charge in [-0.15, -0.1) is 0 Å². The average Bonchev–Trinajstić information content (AvgIpc) is 3.23. The third-order valence-corrected chi connectivity index (χ3v) is 5.14. The first-order valence-corrected chi connectivity index (χ1v) is 9.92. The minimum atomic E-state index is -0.649. The van der Waals surface area contributed by atoms with Gasteiger partial charge in [-0.3, -0.25) is 9.20 Å². The van der Waals surface area contributed by atoms with E-state index in [-0.39, 0.29) is 12.2 Å². The number of benzene rings is 2. The average molecular weight is 417 g/mol. The van der Waals surface area contributed by atoms with Crippen LogP contribution in [0.5, 0.6) is 5.75 Å². The van der Waals surface area contributed by atoms with E-state index in [1.54, 1.807) is 26.4 Å². The van der Waals surface area contributed by atoms with Crippen LogP contribution in [0.25, 0.3) is 16.8 Å². The van der Waals surface area contributed by atoms with E-state index >= 15 is 0 Å². The van der Waals surface area contributed by atoms with E-state index in [1.165, 1.54) is 4.40 Å². The highest BCUT2D eigenvalue weighted by atomic mass is 16.5. The van der Waals surface area contributed by atoms with Crippen LogP contribution in [-0.2, 0) is 11.3 Å². The van der Waals surface area contributed by atoms with Crippen LogP contribution in [0.1, 0.15) is 22.8 Å². The molecule has 4 aromatic rings. The molecular weight excluding hydrogens is 394 g/mol. The number of para-hydroxylation sites is 1. The predicted molar refractivity (Wildman–Crippen MR) is 120 cm³/mol. The van der Waals surface area contributed by atoms with Crippen molar-refractivity contribution < 1.29 is 14.3 Å². The van der Waals surface area contributed by atoms with Gasteiger partial charge in [-0.2, -0.15) is 0 Å². The Morgan fingerprint density at radius 1 is 1.03 bits per heavy atom. The highest BCUT2D eigenvalue weighted by Crippen LogP contribution is 2.25. The molecule has 0 amide bonds. The molecule has 2 aromatic heterocycles. The fourth-order valence-corrected chi connectivity index (χ4v) is 3.52. The van der Waals surface area contributed by atoms with Crippen molar-refractivity contribution >= 4 is 17.3 Å². The third-order valence-electron chi connectivity index (χ3n) is 5.14. The maximum Gasteiger partial charge on any atom is 0.345 e. The topological polar surface area (TPSA) is 88.0 Å². The highest BCUT2D eigenvalue weighted by Gasteiger charge is 2.18. The van der Waals surface area contributed by atoms with Crippen LogP contribution in [0.3, 0.4) is 0 Å². The van der Waals surface area contributed by atoms with Gasteiger partial charge in [0.2, 0.25) is 0 Å². The summed E-state index contributed by atoms with van der Waals surface area (Å²) in [7, 11) is 1.61. The Hall–Kier alpha value is -4.00. The van der Waals surface area contributed by atoms with Crippen LogP contribution in [0.15, 0.2) is 71.8 Å². The summed E-state index contributed by atoms with van der Waals surface area (Å²) in [6.07, 6.45) is 3.27. The van der Waals surface area contributed by atoms with Crippen LogP contribution in [0, 0.1) is 0 Å². The Labute approximate surface area is 179 Å².